The summed E-state index contributed by atoms with van der Waals surface area (Å²) in [4.78, 5) is 21.8. The van der Waals surface area contributed by atoms with Gasteiger partial charge in [-0.1, -0.05) is 13.8 Å². The summed E-state index contributed by atoms with van der Waals surface area (Å²) in [6, 6.07) is 0. The van der Waals surface area contributed by atoms with Gasteiger partial charge in [0.05, 0.1) is 7.11 Å². The van der Waals surface area contributed by atoms with Gasteiger partial charge >= 0.3 is 11.9 Å². The zero-order valence-electron chi connectivity index (χ0n) is 8.09. The highest BCUT2D eigenvalue weighted by atomic mass is 16.5. The molecule has 0 heterocycles. The molecule has 0 unspecified atom stereocenters. The SMILES string of the molecule is CC/C(C(=O)O)=C(\CC)C(=O)OC. The summed E-state index contributed by atoms with van der Waals surface area (Å²) in [6.45, 7) is 3.42. The Bertz CT molecular complexity index is 240. The van der Waals surface area contributed by atoms with Crippen molar-refractivity contribution in [1.29, 1.82) is 0 Å². The maximum absolute atomic E-state index is 11.1. The number of carbonyl (C=O) groups is 2. The second kappa shape index (κ2) is 5.35. The van der Waals surface area contributed by atoms with Gasteiger partial charge < -0.3 is 9.84 Å². The van der Waals surface area contributed by atoms with Crippen LogP contribution < -0.4 is 0 Å². The van der Waals surface area contributed by atoms with Gasteiger partial charge in [-0.05, 0) is 12.8 Å². The van der Waals surface area contributed by atoms with Crippen molar-refractivity contribution in [2.24, 2.45) is 0 Å². The lowest BCUT2D eigenvalue weighted by Gasteiger charge is -2.06. The van der Waals surface area contributed by atoms with Crippen LogP contribution in [0.15, 0.2) is 11.1 Å². The molecule has 0 fully saturated rings. The molecule has 0 amide bonds. The molecule has 74 valence electrons. The predicted octanol–water partition coefficient (Wildman–Crippen LogP) is 1.36. The second-order valence-electron chi connectivity index (χ2n) is 2.46. The number of carboxylic acid groups (broad SMARTS) is 1. The molecule has 0 saturated heterocycles. The molecule has 4 nitrogen and oxygen atoms in total. The first kappa shape index (κ1) is 11.7. The number of carboxylic acids is 1. The number of hydrogen-bond donors (Lipinski definition) is 1. The van der Waals surface area contributed by atoms with E-state index in [4.69, 9.17) is 5.11 Å². The zero-order valence-corrected chi connectivity index (χ0v) is 8.09. The van der Waals surface area contributed by atoms with E-state index in [-0.39, 0.29) is 11.1 Å². The zero-order chi connectivity index (χ0) is 10.4. The van der Waals surface area contributed by atoms with Crippen LogP contribution >= 0.6 is 0 Å². The summed E-state index contributed by atoms with van der Waals surface area (Å²) < 4.78 is 4.48. The lowest BCUT2D eigenvalue weighted by molar-refractivity contribution is -0.138. The van der Waals surface area contributed by atoms with Crippen molar-refractivity contribution in [3.8, 4) is 0 Å². The molecule has 0 bridgehead atoms. The molecule has 0 atom stereocenters. The quantitative estimate of drug-likeness (QED) is 0.532. The molecule has 13 heavy (non-hydrogen) atoms. The Balaban J connectivity index is 5.05. The molecular weight excluding hydrogens is 172 g/mol. The van der Waals surface area contributed by atoms with Gasteiger partial charge in [0, 0.05) is 11.1 Å². The van der Waals surface area contributed by atoms with E-state index in [2.05, 4.69) is 4.74 Å². The van der Waals surface area contributed by atoms with Gasteiger partial charge in [0.15, 0.2) is 0 Å². The third-order valence-electron chi connectivity index (χ3n) is 1.76. The number of hydrogen-bond acceptors (Lipinski definition) is 3. The highest BCUT2D eigenvalue weighted by Gasteiger charge is 2.17. The van der Waals surface area contributed by atoms with Gasteiger partial charge in [-0.15, -0.1) is 0 Å². The van der Waals surface area contributed by atoms with Crippen LogP contribution in [0.1, 0.15) is 26.7 Å². The Morgan fingerprint density at radius 3 is 1.85 bits per heavy atom. The smallest absolute Gasteiger partial charge is 0.334 e. The standard InChI is InChI=1S/C9H14O4/c1-4-6(8(10)11)7(5-2)9(12)13-3/h4-5H2,1-3H3,(H,10,11)/b7-6-. The predicted molar refractivity (Wildman–Crippen MR) is 47.3 cm³/mol. The first-order valence-electron chi connectivity index (χ1n) is 4.12. The van der Waals surface area contributed by atoms with Crippen molar-refractivity contribution in [2.45, 2.75) is 26.7 Å². The molecular formula is C9H14O4. The first-order chi connectivity index (χ1) is 6.08. The Hall–Kier alpha value is -1.32. The van der Waals surface area contributed by atoms with E-state index >= 15 is 0 Å². The molecule has 0 aromatic rings. The fourth-order valence-corrected chi connectivity index (χ4v) is 1.10. The van der Waals surface area contributed by atoms with Gasteiger partial charge in [0.1, 0.15) is 0 Å². The summed E-state index contributed by atoms with van der Waals surface area (Å²) in [6.07, 6.45) is 0.704. The summed E-state index contributed by atoms with van der Waals surface area (Å²) >= 11 is 0. The molecule has 0 aliphatic carbocycles. The molecule has 0 saturated carbocycles. The molecule has 0 aliphatic rings. The third-order valence-corrected chi connectivity index (χ3v) is 1.76. The summed E-state index contributed by atoms with van der Waals surface area (Å²) in [5.41, 5.74) is 0.381. The number of carbonyl (C=O) groups excluding carboxylic acids is 1. The average molecular weight is 186 g/mol. The normalized spacial score (nSPS) is 11.9. The maximum Gasteiger partial charge on any atom is 0.334 e. The minimum Gasteiger partial charge on any atom is -0.478 e. The van der Waals surface area contributed by atoms with Crippen molar-refractivity contribution in [1.82, 2.24) is 0 Å². The van der Waals surface area contributed by atoms with Crippen LogP contribution in [0.5, 0.6) is 0 Å². The second-order valence-corrected chi connectivity index (χ2v) is 2.46. The lowest BCUT2D eigenvalue weighted by Crippen LogP contribution is -2.12. The minimum absolute atomic E-state index is 0.134. The largest absolute Gasteiger partial charge is 0.478 e. The average Bonchev–Trinajstić information content (AvgIpc) is 2.12. The van der Waals surface area contributed by atoms with Gasteiger partial charge in [0.2, 0.25) is 0 Å². The van der Waals surface area contributed by atoms with Crippen LogP contribution in [0.25, 0.3) is 0 Å². The molecule has 0 radical (unpaired) electrons. The number of aliphatic carboxylic acids is 1. The molecule has 1 N–H and O–H groups in total. The van der Waals surface area contributed by atoms with Gasteiger partial charge in [-0.25, -0.2) is 9.59 Å². The van der Waals surface area contributed by atoms with Gasteiger partial charge in [-0.3, -0.25) is 0 Å². The van der Waals surface area contributed by atoms with Crippen LogP contribution in [0.3, 0.4) is 0 Å². The van der Waals surface area contributed by atoms with Crippen molar-refractivity contribution in [3.63, 3.8) is 0 Å². The van der Waals surface area contributed by atoms with E-state index in [0.29, 0.717) is 12.8 Å². The Kier molecular flexibility index (Phi) is 4.80. The summed E-state index contributed by atoms with van der Waals surface area (Å²) in [5, 5.41) is 8.75. The lowest BCUT2D eigenvalue weighted by atomic mass is 10.0. The van der Waals surface area contributed by atoms with E-state index in [0.717, 1.165) is 0 Å². The van der Waals surface area contributed by atoms with E-state index in [9.17, 15) is 9.59 Å². The summed E-state index contributed by atoms with van der Waals surface area (Å²) in [5.74, 6) is -1.61. The molecule has 0 aromatic carbocycles. The summed E-state index contributed by atoms with van der Waals surface area (Å²) in [7, 11) is 1.24. The fourth-order valence-electron chi connectivity index (χ4n) is 1.10. The van der Waals surface area contributed by atoms with E-state index < -0.39 is 11.9 Å². The number of esters is 1. The molecule has 0 aromatic heterocycles. The van der Waals surface area contributed by atoms with Crippen molar-refractivity contribution in [3.05, 3.63) is 11.1 Å². The van der Waals surface area contributed by atoms with Crippen LogP contribution in [-0.4, -0.2) is 24.2 Å². The fraction of sp³-hybridized carbons (Fsp3) is 0.556. The van der Waals surface area contributed by atoms with Crippen LogP contribution in [0, 0.1) is 0 Å². The number of rotatable bonds is 4. The Labute approximate surface area is 77.2 Å². The van der Waals surface area contributed by atoms with Crippen molar-refractivity contribution >= 4 is 11.9 Å². The van der Waals surface area contributed by atoms with Crippen molar-refractivity contribution in [2.75, 3.05) is 7.11 Å². The van der Waals surface area contributed by atoms with E-state index in [1.807, 2.05) is 0 Å². The number of ether oxygens (including phenoxy) is 1. The molecule has 0 spiro atoms. The van der Waals surface area contributed by atoms with Crippen LogP contribution in [0.2, 0.25) is 0 Å². The molecule has 0 aliphatic heterocycles. The molecule has 4 heteroatoms. The number of methoxy groups -OCH3 is 1. The topological polar surface area (TPSA) is 63.6 Å². The first-order valence-corrected chi connectivity index (χ1v) is 4.12. The third kappa shape index (κ3) is 2.89. The van der Waals surface area contributed by atoms with E-state index in [1.165, 1.54) is 7.11 Å². The Morgan fingerprint density at radius 2 is 1.62 bits per heavy atom. The highest BCUT2D eigenvalue weighted by Crippen LogP contribution is 2.13. The molecule has 0 rings (SSSR count). The Morgan fingerprint density at radius 1 is 1.15 bits per heavy atom. The van der Waals surface area contributed by atoms with Crippen LogP contribution in [-0.2, 0) is 14.3 Å². The van der Waals surface area contributed by atoms with Crippen LogP contribution in [0.4, 0.5) is 0 Å². The van der Waals surface area contributed by atoms with Gasteiger partial charge in [-0.2, -0.15) is 0 Å². The minimum atomic E-state index is -1.05. The van der Waals surface area contributed by atoms with Crippen molar-refractivity contribution < 1.29 is 19.4 Å². The monoisotopic (exact) mass is 186 g/mol. The highest BCUT2D eigenvalue weighted by molar-refractivity contribution is 5.99. The van der Waals surface area contributed by atoms with E-state index in [1.54, 1.807) is 13.8 Å². The maximum atomic E-state index is 11.1. The van der Waals surface area contributed by atoms with Gasteiger partial charge in [0.25, 0.3) is 0 Å².